The lowest BCUT2D eigenvalue weighted by molar-refractivity contribution is 0.0694. The summed E-state index contributed by atoms with van der Waals surface area (Å²) in [5.74, 6) is -0.996. The molecule has 5 heteroatoms. The lowest BCUT2D eigenvalue weighted by Crippen LogP contribution is -2.06. The van der Waals surface area contributed by atoms with Crippen LogP contribution in [0.25, 0.3) is 10.9 Å². The Labute approximate surface area is 96.7 Å². The Morgan fingerprint density at radius 2 is 2.24 bits per heavy atom. The zero-order valence-corrected chi connectivity index (χ0v) is 8.89. The van der Waals surface area contributed by atoms with E-state index < -0.39 is 12.6 Å². The number of pyridine rings is 1. The van der Waals surface area contributed by atoms with Gasteiger partial charge in [-0.25, -0.2) is 9.18 Å². The van der Waals surface area contributed by atoms with E-state index >= 15 is 0 Å². The van der Waals surface area contributed by atoms with Crippen LogP contribution in [-0.4, -0.2) is 29.3 Å². The zero-order valence-electron chi connectivity index (χ0n) is 8.89. The van der Waals surface area contributed by atoms with Crippen molar-refractivity contribution >= 4 is 16.9 Å². The number of hydrogen-bond donors (Lipinski definition) is 1. The average molecular weight is 235 g/mol. The van der Waals surface area contributed by atoms with Crippen molar-refractivity contribution in [3.63, 3.8) is 0 Å². The van der Waals surface area contributed by atoms with Crippen LogP contribution in [0.15, 0.2) is 30.5 Å². The molecule has 0 spiro atoms. The summed E-state index contributed by atoms with van der Waals surface area (Å²) < 4.78 is 17.1. The molecule has 2 rings (SSSR count). The third-order valence-corrected chi connectivity index (χ3v) is 2.28. The third-order valence-electron chi connectivity index (χ3n) is 2.28. The first-order valence-corrected chi connectivity index (χ1v) is 5.04. The van der Waals surface area contributed by atoms with Gasteiger partial charge in [0.1, 0.15) is 24.6 Å². The van der Waals surface area contributed by atoms with Crippen LogP contribution in [-0.2, 0) is 0 Å². The highest BCUT2D eigenvalue weighted by Crippen LogP contribution is 2.26. The van der Waals surface area contributed by atoms with E-state index in [0.717, 1.165) is 0 Å². The molecule has 0 bridgehead atoms. The number of aromatic carboxylic acids is 1. The maximum atomic E-state index is 12.0. The maximum Gasteiger partial charge on any atom is 0.341 e. The van der Waals surface area contributed by atoms with E-state index in [9.17, 15) is 9.18 Å². The normalized spacial score (nSPS) is 10.4. The van der Waals surface area contributed by atoms with E-state index in [0.29, 0.717) is 10.9 Å². The summed E-state index contributed by atoms with van der Waals surface area (Å²) in [5.41, 5.74) is 0.313. The predicted molar refractivity (Wildman–Crippen MR) is 60.2 cm³/mol. The Morgan fingerprint density at radius 1 is 1.41 bits per heavy atom. The highest BCUT2D eigenvalue weighted by Gasteiger charge is 2.16. The smallest absolute Gasteiger partial charge is 0.341 e. The third kappa shape index (κ3) is 2.18. The molecule has 0 saturated carbocycles. The van der Waals surface area contributed by atoms with Crippen molar-refractivity contribution < 1.29 is 19.0 Å². The molecule has 1 aromatic carbocycles. The van der Waals surface area contributed by atoms with Crippen molar-refractivity contribution in [2.24, 2.45) is 0 Å². The number of carbonyl (C=O) groups is 1. The highest BCUT2D eigenvalue weighted by molar-refractivity contribution is 6.04. The molecule has 1 heterocycles. The van der Waals surface area contributed by atoms with Gasteiger partial charge in [-0.05, 0) is 18.2 Å². The van der Waals surface area contributed by atoms with Gasteiger partial charge in [-0.15, -0.1) is 0 Å². The van der Waals surface area contributed by atoms with Gasteiger partial charge in [0.05, 0.1) is 5.52 Å². The standard InChI is InChI=1S/C12H10FNO3/c13-5-7-17-9-4-3-8-2-1-6-14-11(8)10(9)12(15)16/h1-4,6H,5,7H2,(H,15,16). The van der Waals surface area contributed by atoms with Crippen molar-refractivity contribution in [2.45, 2.75) is 0 Å². The summed E-state index contributed by atoms with van der Waals surface area (Å²) in [6.07, 6.45) is 1.51. The zero-order chi connectivity index (χ0) is 12.3. The Morgan fingerprint density at radius 3 is 2.94 bits per heavy atom. The van der Waals surface area contributed by atoms with Crippen LogP contribution in [0.3, 0.4) is 0 Å². The van der Waals surface area contributed by atoms with Gasteiger partial charge < -0.3 is 9.84 Å². The van der Waals surface area contributed by atoms with Crippen LogP contribution >= 0.6 is 0 Å². The van der Waals surface area contributed by atoms with Crippen molar-refractivity contribution in [1.29, 1.82) is 0 Å². The first kappa shape index (κ1) is 11.3. The Hall–Kier alpha value is -2.17. The SMILES string of the molecule is O=C(O)c1c(OCCF)ccc2cccnc12. The molecule has 0 amide bonds. The molecule has 4 nitrogen and oxygen atoms in total. The summed E-state index contributed by atoms with van der Waals surface area (Å²) in [6, 6.07) is 6.69. The second kappa shape index (κ2) is 4.78. The number of alkyl halides is 1. The number of ether oxygens (including phenoxy) is 1. The second-order valence-corrected chi connectivity index (χ2v) is 3.36. The molecule has 0 saturated heterocycles. The van der Waals surface area contributed by atoms with Gasteiger partial charge >= 0.3 is 5.97 Å². The van der Waals surface area contributed by atoms with Crippen LogP contribution in [0.5, 0.6) is 5.75 Å². The molecular formula is C12H10FNO3. The molecule has 0 atom stereocenters. The van der Waals surface area contributed by atoms with Crippen LogP contribution in [0.4, 0.5) is 4.39 Å². The molecule has 0 fully saturated rings. The highest BCUT2D eigenvalue weighted by atomic mass is 19.1. The van der Waals surface area contributed by atoms with Gasteiger partial charge in [0.2, 0.25) is 0 Å². The minimum absolute atomic E-state index is 0.0310. The molecular weight excluding hydrogens is 225 g/mol. The van der Waals surface area contributed by atoms with E-state index in [1.165, 1.54) is 12.3 Å². The number of hydrogen-bond acceptors (Lipinski definition) is 3. The second-order valence-electron chi connectivity index (χ2n) is 3.36. The molecule has 0 aliphatic rings. The fourth-order valence-corrected chi connectivity index (χ4v) is 1.60. The Kier molecular flexibility index (Phi) is 3.18. The van der Waals surface area contributed by atoms with Crippen LogP contribution in [0.2, 0.25) is 0 Å². The number of aromatic nitrogens is 1. The molecule has 0 unspecified atom stereocenters. The van der Waals surface area contributed by atoms with E-state index in [1.807, 2.05) is 0 Å². The van der Waals surface area contributed by atoms with E-state index in [1.54, 1.807) is 18.2 Å². The number of benzene rings is 1. The molecule has 0 aliphatic carbocycles. The topological polar surface area (TPSA) is 59.4 Å². The fraction of sp³-hybridized carbons (Fsp3) is 0.167. The monoisotopic (exact) mass is 235 g/mol. The minimum atomic E-state index is -1.14. The molecule has 1 N–H and O–H groups in total. The molecule has 88 valence electrons. The lowest BCUT2D eigenvalue weighted by atomic mass is 10.1. The summed E-state index contributed by atoms with van der Waals surface area (Å²) in [4.78, 5) is 15.2. The average Bonchev–Trinajstić information content (AvgIpc) is 2.35. The number of rotatable bonds is 4. The van der Waals surface area contributed by atoms with Gasteiger partial charge in [0.25, 0.3) is 0 Å². The molecule has 0 radical (unpaired) electrons. The summed E-state index contributed by atoms with van der Waals surface area (Å²) in [6.45, 7) is -0.835. The quantitative estimate of drug-likeness (QED) is 0.883. The molecule has 2 aromatic rings. The van der Waals surface area contributed by atoms with Gasteiger partial charge in [0.15, 0.2) is 0 Å². The molecule has 0 aliphatic heterocycles. The minimum Gasteiger partial charge on any atom is -0.490 e. The van der Waals surface area contributed by atoms with Crippen molar-refractivity contribution in [3.8, 4) is 5.75 Å². The number of nitrogens with zero attached hydrogens (tertiary/aromatic N) is 1. The van der Waals surface area contributed by atoms with E-state index in [4.69, 9.17) is 9.84 Å². The number of fused-ring (bicyclic) bond motifs is 1. The van der Waals surface area contributed by atoms with Crippen LogP contribution in [0.1, 0.15) is 10.4 Å². The summed E-state index contributed by atoms with van der Waals surface area (Å²) in [5, 5.41) is 9.86. The first-order chi connectivity index (χ1) is 8.24. The fourth-order valence-electron chi connectivity index (χ4n) is 1.60. The van der Waals surface area contributed by atoms with Crippen molar-refractivity contribution in [3.05, 3.63) is 36.0 Å². The van der Waals surface area contributed by atoms with Crippen molar-refractivity contribution in [1.82, 2.24) is 4.98 Å². The maximum absolute atomic E-state index is 12.0. The van der Waals surface area contributed by atoms with Gasteiger partial charge in [-0.3, -0.25) is 4.98 Å². The number of carboxylic acids is 1. The van der Waals surface area contributed by atoms with E-state index in [2.05, 4.69) is 4.98 Å². The number of halogens is 1. The predicted octanol–water partition coefficient (Wildman–Crippen LogP) is 2.28. The molecule has 17 heavy (non-hydrogen) atoms. The summed E-state index contributed by atoms with van der Waals surface area (Å²) >= 11 is 0. The van der Waals surface area contributed by atoms with Gasteiger partial charge in [-0.1, -0.05) is 6.07 Å². The van der Waals surface area contributed by atoms with Gasteiger partial charge in [-0.2, -0.15) is 0 Å². The summed E-state index contributed by atoms with van der Waals surface area (Å²) in [7, 11) is 0. The van der Waals surface area contributed by atoms with E-state index in [-0.39, 0.29) is 17.9 Å². The largest absolute Gasteiger partial charge is 0.490 e. The molecule has 1 aromatic heterocycles. The first-order valence-electron chi connectivity index (χ1n) is 5.04. The Balaban J connectivity index is 2.60. The van der Waals surface area contributed by atoms with Crippen LogP contribution < -0.4 is 4.74 Å². The van der Waals surface area contributed by atoms with Crippen molar-refractivity contribution in [2.75, 3.05) is 13.3 Å². The van der Waals surface area contributed by atoms with Gasteiger partial charge in [0, 0.05) is 11.6 Å². The number of carboxylic acid groups (broad SMARTS) is 1. The van der Waals surface area contributed by atoms with Crippen LogP contribution in [0, 0.1) is 0 Å². The Bertz CT molecular complexity index is 556. The lowest BCUT2D eigenvalue weighted by Gasteiger charge is -2.09.